The average molecular weight is 187 g/mol. The van der Waals surface area contributed by atoms with Gasteiger partial charge in [-0.1, -0.05) is 0 Å². The summed E-state index contributed by atoms with van der Waals surface area (Å²) in [6.07, 6.45) is 0. The van der Waals surface area contributed by atoms with E-state index in [1.165, 1.54) is 12.3 Å². The van der Waals surface area contributed by atoms with Crippen LogP contribution in [0.3, 0.4) is 0 Å². The molecule has 0 fully saturated rings. The molecular formula is C6H5NO4S. The van der Waals surface area contributed by atoms with Gasteiger partial charge in [0, 0.05) is 0 Å². The van der Waals surface area contributed by atoms with Crippen LogP contribution in [0, 0.1) is 17.0 Å². The molecule has 5 nitrogen and oxygen atoms in total. The van der Waals surface area contributed by atoms with Gasteiger partial charge in [-0.2, -0.15) is 0 Å². The van der Waals surface area contributed by atoms with Crippen LogP contribution >= 0.6 is 11.3 Å². The van der Waals surface area contributed by atoms with E-state index in [9.17, 15) is 14.9 Å². The van der Waals surface area contributed by atoms with E-state index < -0.39 is 10.9 Å². The molecular weight excluding hydrogens is 182 g/mol. The van der Waals surface area contributed by atoms with Crippen molar-refractivity contribution in [2.75, 3.05) is 0 Å². The van der Waals surface area contributed by atoms with Crippen molar-refractivity contribution in [2.45, 2.75) is 6.92 Å². The fraction of sp³-hybridized carbons (Fsp3) is 0.167. The van der Waals surface area contributed by atoms with E-state index in [2.05, 4.69) is 0 Å². The fourth-order valence-electron chi connectivity index (χ4n) is 0.799. The van der Waals surface area contributed by atoms with Crippen LogP contribution in [0.5, 0.6) is 0 Å². The Balaban J connectivity index is 3.22. The molecule has 0 aromatic carbocycles. The number of nitro groups is 1. The predicted octanol–water partition coefficient (Wildman–Crippen LogP) is 1.66. The fourth-order valence-corrected chi connectivity index (χ4v) is 1.67. The summed E-state index contributed by atoms with van der Waals surface area (Å²) in [4.78, 5) is 20.2. The zero-order valence-corrected chi connectivity index (χ0v) is 6.92. The second-order valence-corrected chi connectivity index (χ2v) is 3.02. The molecule has 0 radical (unpaired) electrons. The van der Waals surface area contributed by atoms with Crippen molar-refractivity contribution < 1.29 is 14.8 Å². The molecule has 12 heavy (non-hydrogen) atoms. The largest absolute Gasteiger partial charge is 0.477 e. The van der Waals surface area contributed by atoms with Gasteiger partial charge >= 0.3 is 5.97 Å². The lowest BCUT2D eigenvalue weighted by molar-refractivity contribution is -0.385. The average Bonchev–Trinajstić information content (AvgIpc) is 2.30. The SMILES string of the molecule is Cc1c([N+](=O)[O-])csc1C(=O)O. The molecule has 0 saturated heterocycles. The minimum absolute atomic E-state index is 0.0294. The zero-order valence-electron chi connectivity index (χ0n) is 6.10. The van der Waals surface area contributed by atoms with Crippen LogP contribution in [0.25, 0.3) is 0 Å². The lowest BCUT2D eigenvalue weighted by atomic mass is 10.2. The first-order valence-corrected chi connectivity index (χ1v) is 3.87. The minimum atomic E-state index is -1.12. The Morgan fingerprint density at radius 2 is 2.33 bits per heavy atom. The normalized spacial score (nSPS) is 9.75. The van der Waals surface area contributed by atoms with Crippen molar-refractivity contribution in [3.05, 3.63) is 25.9 Å². The molecule has 6 heteroatoms. The van der Waals surface area contributed by atoms with Gasteiger partial charge in [0.05, 0.1) is 15.9 Å². The Bertz CT molecular complexity index is 312. The van der Waals surface area contributed by atoms with Crippen molar-refractivity contribution in [1.29, 1.82) is 0 Å². The summed E-state index contributed by atoms with van der Waals surface area (Å²) in [5, 5.41) is 20.1. The quantitative estimate of drug-likeness (QED) is 0.564. The van der Waals surface area contributed by atoms with Crippen LogP contribution < -0.4 is 0 Å². The van der Waals surface area contributed by atoms with E-state index in [1.807, 2.05) is 0 Å². The van der Waals surface area contributed by atoms with Crippen LogP contribution in [0.1, 0.15) is 15.2 Å². The smallest absolute Gasteiger partial charge is 0.346 e. The Kier molecular flexibility index (Phi) is 2.09. The minimum Gasteiger partial charge on any atom is -0.477 e. The Morgan fingerprint density at radius 1 is 1.75 bits per heavy atom. The molecule has 0 aliphatic heterocycles. The highest BCUT2D eigenvalue weighted by atomic mass is 32.1. The highest BCUT2D eigenvalue weighted by Crippen LogP contribution is 2.27. The molecule has 0 unspecified atom stereocenters. The standard InChI is InChI=1S/C6H5NO4S/c1-3-4(7(10)11)2-12-5(3)6(8)9/h2H,1H3,(H,8,9). The molecule has 0 aliphatic carbocycles. The maximum Gasteiger partial charge on any atom is 0.346 e. The number of aromatic carboxylic acids is 1. The molecule has 1 heterocycles. The van der Waals surface area contributed by atoms with E-state index in [1.54, 1.807) is 0 Å². The first-order chi connectivity index (χ1) is 5.54. The molecule has 0 saturated carbocycles. The number of carboxylic acid groups (broad SMARTS) is 1. The molecule has 1 aromatic heterocycles. The van der Waals surface area contributed by atoms with Gasteiger partial charge in [-0.25, -0.2) is 4.79 Å². The molecule has 0 bridgehead atoms. The van der Waals surface area contributed by atoms with Crippen LogP contribution in [-0.4, -0.2) is 16.0 Å². The van der Waals surface area contributed by atoms with Gasteiger partial charge in [0.1, 0.15) is 4.88 Å². The van der Waals surface area contributed by atoms with E-state index in [0.29, 0.717) is 0 Å². The van der Waals surface area contributed by atoms with Crippen molar-refractivity contribution in [2.24, 2.45) is 0 Å². The van der Waals surface area contributed by atoms with Gasteiger partial charge in [-0.15, -0.1) is 11.3 Å². The van der Waals surface area contributed by atoms with Crippen LogP contribution in [0.4, 0.5) is 5.69 Å². The third-order valence-electron chi connectivity index (χ3n) is 1.40. The summed E-state index contributed by atoms with van der Waals surface area (Å²) < 4.78 is 0. The summed E-state index contributed by atoms with van der Waals surface area (Å²) in [5.74, 6) is -1.12. The third-order valence-corrected chi connectivity index (χ3v) is 2.46. The number of hydrogen-bond acceptors (Lipinski definition) is 4. The van der Waals surface area contributed by atoms with Crippen LogP contribution in [0.2, 0.25) is 0 Å². The van der Waals surface area contributed by atoms with Gasteiger partial charge in [-0.05, 0) is 6.92 Å². The van der Waals surface area contributed by atoms with Gasteiger partial charge in [0.25, 0.3) is 5.69 Å². The first-order valence-electron chi connectivity index (χ1n) is 2.99. The van der Waals surface area contributed by atoms with E-state index in [0.717, 1.165) is 11.3 Å². The Morgan fingerprint density at radius 3 is 2.58 bits per heavy atom. The third kappa shape index (κ3) is 1.28. The summed E-state index contributed by atoms with van der Waals surface area (Å²) in [5.41, 5.74) is 0.0925. The number of rotatable bonds is 2. The monoisotopic (exact) mass is 187 g/mol. The summed E-state index contributed by atoms with van der Waals surface area (Å²) in [6.45, 7) is 1.43. The summed E-state index contributed by atoms with van der Waals surface area (Å²) in [6, 6.07) is 0. The molecule has 1 rings (SSSR count). The Hall–Kier alpha value is -1.43. The zero-order chi connectivity index (χ0) is 9.30. The second-order valence-electron chi connectivity index (χ2n) is 2.14. The highest BCUT2D eigenvalue weighted by Gasteiger charge is 2.20. The second kappa shape index (κ2) is 2.90. The van der Waals surface area contributed by atoms with E-state index >= 15 is 0 Å². The molecule has 64 valence electrons. The lowest BCUT2D eigenvalue weighted by Crippen LogP contribution is -1.96. The van der Waals surface area contributed by atoms with E-state index in [-0.39, 0.29) is 16.1 Å². The van der Waals surface area contributed by atoms with Crippen LogP contribution in [-0.2, 0) is 0 Å². The summed E-state index contributed by atoms with van der Waals surface area (Å²) in [7, 11) is 0. The Labute approximate surface area is 71.4 Å². The van der Waals surface area contributed by atoms with E-state index in [4.69, 9.17) is 5.11 Å². The molecule has 0 aliphatic rings. The highest BCUT2D eigenvalue weighted by molar-refractivity contribution is 7.12. The van der Waals surface area contributed by atoms with Gasteiger partial charge in [0.2, 0.25) is 0 Å². The predicted molar refractivity (Wildman–Crippen MR) is 42.7 cm³/mol. The molecule has 0 spiro atoms. The number of nitrogens with zero attached hydrogens (tertiary/aromatic N) is 1. The maximum absolute atomic E-state index is 10.4. The maximum atomic E-state index is 10.4. The number of hydrogen-bond donors (Lipinski definition) is 1. The molecule has 1 aromatic rings. The number of thiophene rings is 1. The topological polar surface area (TPSA) is 80.4 Å². The van der Waals surface area contributed by atoms with Gasteiger partial charge in [0.15, 0.2) is 0 Å². The summed E-state index contributed by atoms with van der Waals surface area (Å²) >= 11 is 0.871. The number of carboxylic acids is 1. The lowest BCUT2D eigenvalue weighted by Gasteiger charge is -1.89. The first kappa shape index (κ1) is 8.66. The van der Waals surface area contributed by atoms with Gasteiger partial charge in [-0.3, -0.25) is 10.1 Å². The molecule has 0 atom stereocenters. The van der Waals surface area contributed by atoms with Crippen molar-refractivity contribution in [3.63, 3.8) is 0 Å². The van der Waals surface area contributed by atoms with Crippen molar-refractivity contribution in [3.8, 4) is 0 Å². The number of carbonyl (C=O) groups is 1. The molecule has 0 amide bonds. The van der Waals surface area contributed by atoms with Crippen LogP contribution in [0.15, 0.2) is 5.38 Å². The van der Waals surface area contributed by atoms with Crippen molar-refractivity contribution in [1.82, 2.24) is 0 Å². The van der Waals surface area contributed by atoms with Gasteiger partial charge < -0.3 is 5.11 Å². The molecule has 1 N–H and O–H groups in total. The van der Waals surface area contributed by atoms with Crippen molar-refractivity contribution >= 4 is 23.0 Å².